The van der Waals surface area contributed by atoms with E-state index in [-0.39, 0.29) is 11.7 Å². The lowest BCUT2D eigenvalue weighted by molar-refractivity contribution is 0.0697. The molecular weight excluding hydrogens is 260 g/mol. The Kier molecular flexibility index (Phi) is 4.47. The predicted molar refractivity (Wildman–Crippen MR) is 71.5 cm³/mol. The number of carboxylic acids is 1. The summed E-state index contributed by atoms with van der Waals surface area (Å²) in [6.07, 6.45) is 1.59. The molecule has 1 heterocycles. The van der Waals surface area contributed by atoms with Gasteiger partial charge in [0.15, 0.2) is 0 Å². The first-order valence-corrected chi connectivity index (χ1v) is 6.29. The highest BCUT2D eigenvalue weighted by atomic mass is 16.5. The fraction of sp³-hybridized carbons (Fsp3) is 0.357. The molecule has 1 atom stereocenters. The first-order chi connectivity index (χ1) is 9.60. The average Bonchev–Trinajstić information content (AvgIpc) is 2.93. The zero-order chi connectivity index (χ0) is 14.5. The summed E-state index contributed by atoms with van der Waals surface area (Å²) < 4.78 is 10.7. The van der Waals surface area contributed by atoms with Crippen LogP contribution in [0, 0.1) is 0 Å². The molecule has 0 aliphatic rings. The van der Waals surface area contributed by atoms with Crippen molar-refractivity contribution in [3.05, 3.63) is 35.7 Å². The van der Waals surface area contributed by atoms with Crippen LogP contribution in [0.1, 0.15) is 29.6 Å². The van der Waals surface area contributed by atoms with Gasteiger partial charge in [-0.25, -0.2) is 4.79 Å². The van der Waals surface area contributed by atoms with Crippen LogP contribution in [-0.4, -0.2) is 34.5 Å². The molecule has 0 amide bonds. The second kappa shape index (κ2) is 6.29. The predicted octanol–water partition coefficient (Wildman–Crippen LogP) is 2.40. The van der Waals surface area contributed by atoms with Gasteiger partial charge in [0, 0.05) is 19.1 Å². The molecule has 0 spiro atoms. The van der Waals surface area contributed by atoms with E-state index in [1.165, 1.54) is 12.1 Å². The number of carbonyl (C=O) groups is 1. The lowest BCUT2D eigenvalue weighted by atomic mass is 10.1. The molecule has 1 N–H and O–H groups in total. The molecule has 1 unspecified atom stereocenters. The van der Waals surface area contributed by atoms with Gasteiger partial charge in [-0.05, 0) is 37.6 Å². The molecule has 0 saturated heterocycles. The number of carboxylic acid groups (broad SMARTS) is 1. The minimum absolute atomic E-state index is 0.139. The first kappa shape index (κ1) is 14.2. The molecule has 0 bridgehead atoms. The SMILES string of the molecule is COC(C)CCc1nnc(-c2ccc(C(=O)O)cc2)o1. The van der Waals surface area contributed by atoms with Gasteiger partial charge in [0.25, 0.3) is 0 Å². The van der Waals surface area contributed by atoms with E-state index >= 15 is 0 Å². The Morgan fingerprint density at radius 3 is 2.65 bits per heavy atom. The third-order valence-corrected chi connectivity index (χ3v) is 3.01. The number of hydrogen-bond acceptors (Lipinski definition) is 5. The molecule has 20 heavy (non-hydrogen) atoms. The van der Waals surface area contributed by atoms with Gasteiger partial charge in [-0.3, -0.25) is 0 Å². The number of benzene rings is 1. The second-order valence-corrected chi connectivity index (χ2v) is 4.47. The normalized spacial score (nSPS) is 12.3. The van der Waals surface area contributed by atoms with Crippen molar-refractivity contribution < 1.29 is 19.1 Å². The molecule has 1 aromatic heterocycles. The van der Waals surface area contributed by atoms with Crippen LogP contribution in [0.5, 0.6) is 0 Å². The Morgan fingerprint density at radius 1 is 1.35 bits per heavy atom. The molecule has 0 saturated carbocycles. The molecule has 106 valence electrons. The number of rotatable bonds is 6. The molecule has 0 aliphatic heterocycles. The van der Waals surface area contributed by atoms with Crippen molar-refractivity contribution >= 4 is 5.97 Å². The summed E-state index contributed by atoms with van der Waals surface area (Å²) in [6.45, 7) is 1.97. The summed E-state index contributed by atoms with van der Waals surface area (Å²) in [4.78, 5) is 10.8. The molecule has 0 fully saturated rings. The fourth-order valence-corrected chi connectivity index (χ4v) is 1.67. The maximum atomic E-state index is 10.8. The number of aromatic nitrogens is 2. The molecule has 2 rings (SSSR count). The van der Waals surface area contributed by atoms with Crippen molar-refractivity contribution in [3.8, 4) is 11.5 Å². The first-order valence-electron chi connectivity index (χ1n) is 6.29. The highest BCUT2D eigenvalue weighted by Crippen LogP contribution is 2.19. The van der Waals surface area contributed by atoms with Crippen molar-refractivity contribution in [1.29, 1.82) is 0 Å². The summed E-state index contributed by atoms with van der Waals surface area (Å²) in [7, 11) is 1.66. The number of nitrogens with zero attached hydrogens (tertiary/aromatic N) is 2. The van der Waals surface area contributed by atoms with Gasteiger partial charge >= 0.3 is 5.97 Å². The Hall–Kier alpha value is -2.21. The van der Waals surface area contributed by atoms with E-state index in [9.17, 15) is 4.79 Å². The second-order valence-electron chi connectivity index (χ2n) is 4.47. The van der Waals surface area contributed by atoms with E-state index in [4.69, 9.17) is 14.3 Å². The Morgan fingerprint density at radius 2 is 2.05 bits per heavy atom. The summed E-state index contributed by atoms with van der Waals surface area (Å²) >= 11 is 0. The topological polar surface area (TPSA) is 85.5 Å². The van der Waals surface area contributed by atoms with Crippen molar-refractivity contribution in [2.24, 2.45) is 0 Å². The van der Waals surface area contributed by atoms with Gasteiger partial charge in [0.2, 0.25) is 11.8 Å². The number of aromatic carboxylic acids is 1. The zero-order valence-corrected chi connectivity index (χ0v) is 11.4. The maximum absolute atomic E-state index is 10.8. The number of methoxy groups -OCH3 is 1. The van der Waals surface area contributed by atoms with Crippen LogP contribution in [0.4, 0.5) is 0 Å². The summed E-state index contributed by atoms with van der Waals surface area (Å²) in [5.41, 5.74) is 0.927. The maximum Gasteiger partial charge on any atom is 0.335 e. The molecule has 0 radical (unpaired) electrons. The minimum atomic E-state index is -0.962. The fourth-order valence-electron chi connectivity index (χ4n) is 1.67. The van der Waals surface area contributed by atoms with Gasteiger partial charge in [-0.1, -0.05) is 0 Å². The lowest BCUT2D eigenvalue weighted by Crippen LogP contribution is -2.05. The molecular formula is C14H16N2O4. The van der Waals surface area contributed by atoms with E-state index in [2.05, 4.69) is 10.2 Å². The van der Waals surface area contributed by atoms with Gasteiger partial charge in [0.1, 0.15) is 0 Å². The quantitative estimate of drug-likeness (QED) is 0.872. The van der Waals surface area contributed by atoms with Crippen LogP contribution in [0.25, 0.3) is 11.5 Å². The van der Waals surface area contributed by atoms with E-state index in [1.54, 1.807) is 19.2 Å². The van der Waals surface area contributed by atoms with E-state index < -0.39 is 5.97 Å². The van der Waals surface area contributed by atoms with Gasteiger partial charge in [-0.15, -0.1) is 10.2 Å². The van der Waals surface area contributed by atoms with Crippen LogP contribution in [0.3, 0.4) is 0 Å². The summed E-state index contributed by atoms with van der Waals surface area (Å²) in [5.74, 6) is -0.0236. The van der Waals surface area contributed by atoms with Gasteiger partial charge in [0.05, 0.1) is 11.7 Å². The van der Waals surface area contributed by atoms with Crippen molar-refractivity contribution in [2.75, 3.05) is 7.11 Å². The molecule has 6 nitrogen and oxygen atoms in total. The van der Waals surface area contributed by atoms with Gasteiger partial charge < -0.3 is 14.3 Å². The van der Waals surface area contributed by atoms with Crippen LogP contribution in [0.15, 0.2) is 28.7 Å². The van der Waals surface area contributed by atoms with Crippen LogP contribution < -0.4 is 0 Å². The Bertz CT molecular complexity index is 577. The Balaban J connectivity index is 2.06. The molecule has 0 aliphatic carbocycles. The smallest absolute Gasteiger partial charge is 0.335 e. The molecule has 2 aromatic rings. The highest BCUT2D eigenvalue weighted by molar-refractivity contribution is 5.88. The zero-order valence-electron chi connectivity index (χ0n) is 11.4. The van der Waals surface area contributed by atoms with Gasteiger partial charge in [-0.2, -0.15) is 0 Å². The van der Waals surface area contributed by atoms with Crippen molar-refractivity contribution in [2.45, 2.75) is 25.9 Å². The molecule has 1 aromatic carbocycles. The van der Waals surface area contributed by atoms with Crippen LogP contribution in [-0.2, 0) is 11.2 Å². The summed E-state index contributed by atoms with van der Waals surface area (Å²) in [5, 5.41) is 16.8. The monoisotopic (exact) mass is 276 g/mol. The largest absolute Gasteiger partial charge is 0.478 e. The van der Waals surface area contributed by atoms with Crippen LogP contribution >= 0.6 is 0 Å². The molecule has 6 heteroatoms. The third kappa shape index (κ3) is 3.42. The highest BCUT2D eigenvalue weighted by Gasteiger charge is 2.11. The summed E-state index contributed by atoms with van der Waals surface area (Å²) in [6, 6.07) is 6.32. The lowest BCUT2D eigenvalue weighted by Gasteiger charge is -2.05. The van der Waals surface area contributed by atoms with E-state index in [1.807, 2.05) is 6.92 Å². The minimum Gasteiger partial charge on any atom is -0.478 e. The third-order valence-electron chi connectivity index (χ3n) is 3.01. The van der Waals surface area contributed by atoms with Crippen molar-refractivity contribution in [1.82, 2.24) is 10.2 Å². The number of hydrogen-bond donors (Lipinski definition) is 1. The number of aryl methyl sites for hydroxylation is 1. The van der Waals surface area contributed by atoms with E-state index in [0.29, 0.717) is 23.8 Å². The van der Waals surface area contributed by atoms with Crippen molar-refractivity contribution in [3.63, 3.8) is 0 Å². The standard InChI is InChI=1S/C14H16N2O4/c1-9(19-2)3-8-12-15-16-13(20-12)10-4-6-11(7-5-10)14(17)18/h4-7,9H,3,8H2,1-2H3,(H,17,18). The Labute approximate surface area is 116 Å². The number of ether oxygens (including phenoxy) is 1. The van der Waals surface area contributed by atoms with E-state index in [0.717, 1.165) is 6.42 Å². The average molecular weight is 276 g/mol. The van der Waals surface area contributed by atoms with Crippen LogP contribution in [0.2, 0.25) is 0 Å².